The molecule has 3 rings (SSSR count). The number of carbonyl (C=O) groups is 2. The van der Waals surface area contributed by atoms with Gasteiger partial charge >= 0.3 is 6.09 Å². The van der Waals surface area contributed by atoms with Gasteiger partial charge in [-0.1, -0.05) is 19.1 Å². The van der Waals surface area contributed by atoms with Gasteiger partial charge in [0, 0.05) is 18.7 Å². The monoisotopic (exact) mass is 272 g/mol. The predicted molar refractivity (Wildman–Crippen MR) is 74.1 cm³/mol. The molecule has 104 valence electrons. The molecule has 0 aromatic heterocycles. The SMILES string of the molecule is CC1CC=C(c2ccc3c(c2)CNC3=O)N(C(=O)O)C1. The van der Waals surface area contributed by atoms with E-state index in [-0.39, 0.29) is 5.91 Å². The van der Waals surface area contributed by atoms with Gasteiger partial charge in [-0.15, -0.1) is 0 Å². The first kappa shape index (κ1) is 12.7. The molecule has 2 aliphatic heterocycles. The molecule has 2 N–H and O–H groups in total. The Morgan fingerprint density at radius 3 is 3.00 bits per heavy atom. The summed E-state index contributed by atoms with van der Waals surface area (Å²) in [5.74, 6) is 0.264. The minimum Gasteiger partial charge on any atom is -0.465 e. The van der Waals surface area contributed by atoms with Gasteiger partial charge in [-0.25, -0.2) is 4.79 Å². The maximum absolute atomic E-state index is 11.5. The summed E-state index contributed by atoms with van der Waals surface area (Å²) in [7, 11) is 0. The summed E-state index contributed by atoms with van der Waals surface area (Å²) in [5, 5.41) is 12.1. The van der Waals surface area contributed by atoms with Crippen molar-refractivity contribution in [2.45, 2.75) is 19.9 Å². The lowest BCUT2D eigenvalue weighted by atomic mass is 9.96. The van der Waals surface area contributed by atoms with E-state index in [1.54, 1.807) is 6.07 Å². The van der Waals surface area contributed by atoms with Crippen molar-refractivity contribution in [3.63, 3.8) is 0 Å². The Morgan fingerprint density at radius 1 is 1.45 bits per heavy atom. The molecule has 1 aromatic carbocycles. The molecule has 0 saturated carbocycles. The standard InChI is InChI=1S/C15H16N2O3/c1-9-2-5-13(17(8-9)15(19)20)10-3-4-12-11(6-10)7-16-14(12)18/h3-6,9H,2,7-8H2,1H3,(H,16,18)(H,19,20). The molecular formula is C15H16N2O3. The highest BCUT2D eigenvalue weighted by Gasteiger charge is 2.26. The Morgan fingerprint density at radius 2 is 2.25 bits per heavy atom. The molecule has 0 fully saturated rings. The number of carbonyl (C=O) groups excluding carboxylic acids is 1. The molecule has 0 bridgehead atoms. The van der Waals surface area contributed by atoms with Crippen molar-refractivity contribution in [2.24, 2.45) is 5.92 Å². The molecular weight excluding hydrogens is 256 g/mol. The van der Waals surface area contributed by atoms with Crippen LogP contribution in [0.5, 0.6) is 0 Å². The number of hydrogen-bond acceptors (Lipinski definition) is 2. The number of carboxylic acid groups (broad SMARTS) is 1. The summed E-state index contributed by atoms with van der Waals surface area (Å²) in [5.41, 5.74) is 3.19. The van der Waals surface area contributed by atoms with E-state index in [0.717, 1.165) is 23.2 Å². The third-order valence-corrected chi connectivity index (χ3v) is 3.81. The van der Waals surface area contributed by atoms with Crippen molar-refractivity contribution in [3.05, 3.63) is 41.0 Å². The zero-order valence-corrected chi connectivity index (χ0v) is 11.2. The van der Waals surface area contributed by atoms with Crippen molar-refractivity contribution in [3.8, 4) is 0 Å². The van der Waals surface area contributed by atoms with Crippen LogP contribution in [0.25, 0.3) is 5.70 Å². The molecule has 1 atom stereocenters. The lowest BCUT2D eigenvalue weighted by Gasteiger charge is -2.30. The molecule has 0 saturated heterocycles. The molecule has 0 aliphatic carbocycles. The van der Waals surface area contributed by atoms with Gasteiger partial charge in [0.15, 0.2) is 0 Å². The number of amides is 2. The van der Waals surface area contributed by atoms with Crippen molar-refractivity contribution in [2.75, 3.05) is 6.54 Å². The molecule has 2 heterocycles. The molecule has 0 radical (unpaired) electrons. The normalized spacial score (nSPS) is 21.2. The molecule has 5 nitrogen and oxygen atoms in total. The fraction of sp³-hybridized carbons (Fsp3) is 0.333. The van der Waals surface area contributed by atoms with E-state index in [0.29, 0.717) is 24.6 Å². The zero-order chi connectivity index (χ0) is 14.3. The van der Waals surface area contributed by atoms with Gasteiger partial charge < -0.3 is 10.4 Å². The van der Waals surface area contributed by atoms with Crippen molar-refractivity contribution in [1.29, 1.82) is 0 Å². The Balaban J connectivity index is 2.00. The summed E-state index contributed by atoms with van der Waals surface area (Å²) in [6.45, 7) is 3.06. The highest BCUT2D eigenvalue weighted by molar-refractivity contribution is 5.98. The van der Waals surface area contributed by atoms with Gasteiger partial charge in [0.2, 0.25) is 0 Å². The second kappa shape index (κ2) is 4.67. The average molecular weight is 272 g/mol. The number of hydrogen-bond donors (Lipinski definition) is 2. The Labute approximate surface area is 116 Å². The number of rotatable bonds is 1. The van der Waals surface area contributed by atoms with Gasteiger partial charge in [-0.05, 0) is 35.6 Å². The molecule has 2 amide bonds. The van der Waals surface area contributed by atoms with Crippen LogP contribution in [-0.4, -0.2) is 28.6 Å². The minimum atomic E-state index is -0.933. The topological polar surface area (TPSA) is 69.6 Å². The smallest absolute Gasteiger partial charge is 0.411 e. The van der Waals surface area contributed by atoms with E-state index in [4.69, 9.17) is 0 Å². The summed E-state index contributed by atoms with van der Waals surface area (Å²) in [6, 6.07) is 5.50. The minimum absolute atomic E-state index is 0.0621. The molecule has 2 aliphatic rings. The molecule has 1 unspecified atom stereocenters. The maximum Gasteiger partial charge on any atom is 0.411 e. The van der Waals surface area contributed by atoms with Crippen molar-refractivity contribution in [1.82, 2.24) is 10.2 Å². The first-order chi connectivity index (χ1) is 9.56. The highest BCUT2D eigenvalue weighted by Crippen LogP contribution is 2.29. The van der Waals surface area contributed by atoms with Gasteiger partial charge in [0.25, 0.3) is 5.91 Å². The number of nitrogens with one attached hydrogen (secondary N) is 1. The zero-order valence-electron chi connectivity index (χ0n) is 11.2. The van der Waals surface area contributed by atoms with Crippen LogP contribution in [0, 0.1) is 5.92 Å². The van der Waals surface area contributed by atoms with E-state index in [1.165, 1.54) is 4.90 Å². The fourth-order valence-corrected chi connectivity index (χ4v) is 2.75. The number of benzene rings is 1. The van der Waals surface area contributed by atoms with Gasteiger partial charge in [0.05, 0.1) is 5.70 Å². The second-order valence-corrected chi connectivity index (χ2v) is 5.38. The van der Waals surface area contributed by atoms with E-state index < -0.39 is 6.09 Å². The quantitative estimate of drug-likeness (QED) is 0.824. The van der Waals surface area contributed by atoms with Crippen LogP contribution in [0.3, 0.4) is 0 Å². The predicted octanol–water partition coefficient (Wildman–Crippen LogP) is 2.29. The summed E-state index contributed by atoms with van der Waals surface area (Å²) < 4.78 is 0. The van der Waals surface area contributed by atoms with E-state index in [2.05, 4.69) is 5.32 Å². The third-order valence-electron chi connectivity index (χ3n) is 3.81. The lowest BCUT2D eigenvalue weighted by Crippen LogP contribution is -2.34. The van der Waals surface area contributed by atoms with Crippen molar-refractivity contribution < 1.29 is 14.7 Å². The Bertz CT molecular complexity index is 622. The van der Waals surface area contributed by atoms with Crippen molar-refractivity contribution >= 4 is 17.7 Å². The van der Waals surface area contributed by atoms with Crippen LogP contribution in [0.15, 0.2) is 24.3 Å². The van der Waals surface area contributed by atoms with Gasteiger partial charge in [-0.2, -0.15) is 0 Å². The number of allylic oxidation sites excluding steroid dienone is 1. The van der Waals surface area contributed by atoms with Crippen LogP contribution in [0.1, 0.15) is 34.8 Å². The Kier molecular flexibility index (Phi) is 2.97. The van der Waals surface area contributed by atoms with Gasteiger partial charge in [-0.3, -0.25) is 9.69 Å². The lowest BCUT2D eigenvalue weighted by molar-refractivity contribution is 0.0965. The number of fused-ring (bicyclic) bond motifs is 1. The largest absolute Gasteiger partial charge is 0.465 e. The molecule has 1 aromatic rings. The summed E-state index contributed by atoms with van der Waals surface area (Å²) >= 11 is 0. The second-order valence-electron chi connectivity index (χ2n) is 5.38. The number of nitrogens with zero attached hydrogens (tertiary/aromatic N) is 1. The Hall–Kier alpha value is -2.30. The molecule has 0 spiro atoms. The summed E-state index contributed by atoms with van der Waals surface area (Å²) in [4.78, 5) is 24.3. The van der Waals surface area contributed by atoms with Crippen LogP contribution >= 0.6 is 0 Å². The van der Waals surface area contributed by atoms with Crippen LogP contribution in [0.4, 0.5) is 4.79 Å². The van der Waals surface area contributed by atoms with E-state index in [1.807, 2.05) is 25.1 Å². The molecule has 5 heteroatoms. The fourth-order valence-electron chi connectivity index (χ4n) is 2.75. The highest BCUT2D eigenvalue weighted by atomic mass is 16.4. The van der Waals surface area contributed by atoms with E-state index in [9.17, 15) is 14.7 Å². The van der Waals surface area contributed by atoms with Crippen LogP contribution in [0.2, 0.25) is 0 Å². The summed E-state index contributed by atoms with van der Waals surface area (Å²) in [6.07, 6.45) is 1.90. The van der Waals surface area contributed by atoms with Gasteiger partial charge in [0.1, 0.15) is 0 Å². The maximum atomic E-state index is 11.5. The first-order valence-electron chi connectivity index (χ1n) is 6.68. The first-order valence-corrected chi connectivity index (χ1v) is 6.68. The average Bonchev–Trinajstić information content (AvgIpc) is 2.80. The van der Waals surface area contributed by atoms with Crippen LogP contribution < -0.4 is 5.32 Å². The van der Waals surface area contributed by atoms with Crippen LogP contribution in [-0.2, 0) is 6.54 Å². The van der Waals surface area contributed by atoms with E-state index >= 15 is 0 Å². The molecule has 20 heavy (non-hydrogen) atoms. The third kappa shape index (κ3) is 2.05.